The van der Waals surface area contributed by atoms with Crippen molar-refractivity contribution in [3.8, 4) is 0 Å². The number of amides is 1. The number of ether oxygens (including phenoxy) is 1. The van der Waals surface area contributed by atoms with Crippen LogP contribution in [-0.2, 0) is 27.2 Å². The van der Waals surface area contributed by atoms with Gasteiger partial charge in [-0.2, -0.15) is 0 Å². The standard InChI is InChI=1S/C17H19N3O3S3/c1-23-17(22)12-7-20(5-6-24-12)13(21)8-25-15-14-10-3-2-4-11(10)26-16(14)19-9-18-15/h9,12H,2-8H2,1H3/t12-/m1/s1. The van der Waals surface area contributed by atoms with Gasteiger partial charge in [0.25, 0.3) is 0 Å². The fourth-order valence-electron chi connectivity index (χ4n) is 3.38. The molecule has 1 aliphatic heterocycles. The largest absolute Gasteiger partial charge is 0.468 e. The van der Waals surface area contributed by atoms with Crippen molar-refractivity contribution in [1.29, 1.82) is 0 Å². The summed E-state index contributed by atoms with van der Waals surface area (Å²) >= 11 is 4.79. The van der Waals surface area contributed by atoms with E-state index in [1.807, 2.05) is 0 Å². The molecule has 2 aromatic heterocycles. The molecule has 1 amide bonds. The third-order valence-corrected chi connectivity index (χ3v) is 8.02. The molecule has 1 fully saturated rings. The zero-order valence-corrected chi connectivity index (χ0v) is 16.8. The van der Waals surface area contributed by atoms with Crippen LogP contribution in [-0.4, -0.2) is 63.7 Å². The number of methoxy groups -OCH3 is 1. The molecule has 0 N–H and O–H groups in total. The number of carbonyl (C=O) groups excluding carboxylic acids is 2. The lowest BCUT2D eigenvalue weighted by Gasteiger charge is -2.30. The van der Waals surface area contributed by atoms with Crippen LogP contribution in [0.1, 0.15) is 16.9 Å². The number of hydrogen-bond acceptors (Lipinski definition) is 8. The molecule has 2 aromatic rings. The maximum atomic E-state index is 12.6. The van der Waals surface area contributed by atoms with Crippen molar-refractivity contribution in [3.05, 3.63) is 16.8 Å². The van der Waals surface area contributed by atoms with E-state index in [1.165, 1.54) is 35.7 Å². The molecule has 9 heteroatoms. The Hall–Kier alpha value is -1.32. The number of nitrogens with zero attached hydrogens (tertiary/aromatic N) is 3. The average molecular weight is 410 g/mol. The minimum atomic E-state index is -0.284. The second-order valence-electron chi connectivity index (χ2n) is 6.23. The molecule has 6 nitrogen and oxygen atoms in total. The van der Waals surface area contributed by atoms with Gasteiger partial charge >= 0.3 is 5.97 Å². The molecule has 1 saturated heterocycles. The van der Waals surface area contributed by atoms with Crippen LogP contribution >= 0.6 is 34.9 Å². The zero-order chi connectivity index (χ0) is 18.1. The molecule has 0 radical (unpaired) electrons. The van der Waals surface area contributed by atoms with Gasteiger partial charge in [-0.1, -0.05) is 11.8 Å². The summed E-state index contributed by atoms with van der Waals surface area (Å²) in [5, 5.41) is 1.76. The van der Waals surface area contributed by atoms with E-state index in [1.54, 1.807) is 34.3 Å². The molecule has 0 saturated carbocycles. The highest BCUT2D eigenvalue weighted by atomic mass is 32.2. The van der Waals surface area contributed by atoms with Crippen molar-refractivity contribution in [1.82, 2.24) is 14.9 Å². The number of hydrogen-bond donors (Lipinski definition) is 0. The first kappa shape index (κ1) is 18.1. The van der Waals surface area contributed by atoms with Crippen molar-refractivity contribution >= 4 is 57.0 Å². The summed E-state index contributed by atoms with van der Waals surface area (Å²) in [7, 11) is 1.39. The van der Waals surface area contributed by atoms with Gasteiger partial charge < -0.3 is 9.64 Å². The second kappa shape index (κ2) is 7.74. The van der Waals surface area contributed by atoms with Crippen LogP contribution in [0.15, 0.2) is 11.4 Å². The molecule has 26 heavy (non-hydrogen) atoms. The normalized spacial score (nSPS) is 19.6. The summed E-state index contributed by atoms with van der Waals surface area (Å²) in [6.45, 7) is 1.09. The van der Waals surface area contributed by atoms with Crippen LogP contribution in [0.3, 0.4) is 0 Å². The van der Waals surface area contributed by atoms with Gasteiger partial charge in [-0.15, -0.1) is 23.1 Å². The van der Waals surface area contributed by atoms with E-state index in [-0.39, 0.29) is 17.1 Å². The van der Waals surface area contributed by atoms with Gasteiger partial charge in [-0.3, -0.25) is 9.59 Å². The monoisotopic (exact) mass is 409 g/mol. The van der Waals surface area contributed by atoms with Crippen molar-refractivity contribution in [2.75, 3.05) is 31.7 Å². The Morgan fingerprint density at radius 1 is 1.38 bits per heavy atom. The third-order valence-electron chi connectivity index (χ3n) is 4.68. The molecule has 0 spiro atoms. The van der Waals surface area contributed by atoms with Crippen LogP contribution < -0.4 is 0 Å². The summed E-state index contributed by atoms with van der Waals surface area (Å²) in [4.78, 5) is 37.4. The Kier molecular flexibility index (Phi) is 5.37. The predicted octanol–water partition coefficient (Wildman–Crippen LogP) is 2.39. The lowest BCUT2D eigenvalue weighted by molar-refractivity contribution is -0.141. The summed E-state index contributed by atoms with van der Waals surface area (Å²) in [5.74, 6) is 0.871. The lowest BCUT2D eigenvalue weighted by Crippen LogP contribution is -2.45. The zero-order valence-electron chi connectivity index (χ0n) is 14.4. The molecule has 3 heterocycles. The number of carbonyl (C=O) groups is 2. The van der Waals surface area contributed by atoms with E-state index in [2.05, 4.69) is 9.97 Å². The quantitative estimate of drug-likeness (QED) is 0.436. The van der Waals surface area contributed by atoms with Crippen LogP contribution in [0.25, 0.3) is 10.2 Å². The van der Waals surface area contributed by atoms with Crippen LogP contribution in [0.5, 0.6) is 0 Å². The number of thiophene rings is 1. The van der Waals surface area contributed by atoms with Gasteiger partial charge in [0.15, 0.2) is 0 Å². The fourth-order valence-corrected chi connectivity index (χ4v) is 6.73. The number of aromatic nitrogens is 2. The Morgan fingerprint density at radius 2 is 2.27 bits per heavy atom. The van der Waals surface area contributed by atoms with E-state index in [0.29, 0.717) is 18.8 Å². The molecule has 4 rings (SSSR count). The topological polar surface area (TPSA) is 72.4 Å². The van der Waals surface area contributed by atoms with E-state index in [4.69, 9.17) is 4.74 Å². The second-order valence-corrected chi connectivity index (χ2v) is 9.59. The highest BCUT2D eigenvalue weighted by molar-refractivity contribution is 8.00. The molecular formula is C17H19N3O3S3. The minimum Gasteiger partial charge on any atom is -0.468 e. The van der Waals surface area contributed by atoms with Crippen molar-refractivity contribution in [2.45, 2.75) is 29.5 Å². The van der Waals surface area contributed by atoms with E-state index in [0.717, 1.165) is 33.8 Å². The van der Waals surface area contributed by atoms with Crippen LogP contribution in [0.2, 0.25) is 0 Å². The first-order chi connectivity index (χ1) is 12.7. The fraction of sp³-hybridized carbons (Fsp3) is 0.529. The first-order valence-corrected chi connectivity index (χ1v) is 11.4. The summed E-state index contributed by atoms with van der Waals surface area (Å²) in [6, 6.07) is 0. The highest BCUT2D eigenvalue weighted by Gasteiger charge is 2.30. The summed E-state index contributed by atoms with van der Waals surface area (Å²) < 4.78 is 4.81. The van der Waals surface area contributed by atoms with Crippen LogP contribution in [0, 0.1) is 0 Å². The highest BCUT2D eigenvalue weighted by Crippen LogP contribution is 2.40. The van der Waals surface area contributed by atoms with Gasteiger partial charge in [0.1, 0.15) is 21.4 Å². The molecular weight excluding hydrogens is 390 g/mol. The minimum absolute atomic E-state index is 0.0443. The van der Waals surface area contributed by atoms with E-state index < -0.39 is 0 Å². The number of esters is 1. The average Bonchev–Trinajstić information content (AvgIpc) is 3.26. The maximum Gasteiger partial charge on any atom is 0.320 e. The Labute approximate surface area is 164 Å². The molecule has 0 unspecified atom stereocenters. The molecule has 2 aliphatic rings. The Balaban J connectivity index is 1.45. The van der Waals surface area contributed by atoms with Gasteiger partial charge in [-0.25, -0.2) is 9.97 Å². The van der Waals surface area contributed by atoms with E-state index >= 15 is 0 Å². The third kappa shape index (κ3) is 3.44. The smallest absolute Gasteiger partial charge is 0.320 e. The van der Waals surface area contributed by atoms with Gasteiger partial charge in [-0.05, 0) is 24.8 Å². The molecule has 0 bridgehead atoms. The van der Waals surface area contributed by atoms with Crippen molar-refractivity contribution in [2.24, 2.45) is 0 Å². The molecule has 1 aliphatic carbocycles. The van der Waals surface area contributed by atoms with Crippen molar-refractivity contribution < 1.29 is 14.3 Å². The van der Waals surface area contributed by atoms with Crippen LogP contribution in [0.4, 0.5) is 0 Å². The van der Waals surface area contributed by atoms with E-state index in [9.17, 15) is 9.59 Å². The predicted molar refractivity (Wildman–Crippen MR) is 105 cm³/mol. The summed E-state index contributed by atoms with van der Waals surface area (Å²) in [6.07, 6.45) is 4.98. The number of rotatable bonds is 4. The summed E-state index contributed by atoms with van der Waals surface area (Å²) in [5.41, 5.74) is 1.38. The van der Waals surface area contributed by atoms with Gasteiger partial charge in [0, 0.05) is 29.1 Å². The number of thioether (sulfide) groups is 2. The number of aryl methyl sites for hydroxylation is 2. The Bertz CT molecular complexity index is 854. The molecule has 138 valence electrons. The SMILES string of the molecule is COC(=O)[C@H]1CN(C(=O)CSc2ncnc3sc4c(c23)CCC4)CCS1. The lowest BCUT2D eigenvalue weighted by atomic mass is 10.2. The molecule has 1 atom stereocenters. The Morgan fingerprint density at radius 3 is 3.12 bits per heavy atom. The van der Waals surface area contributed by atoms with Crippen molar-refractivity contribution in [3.63, 3.8) is 0 Å². The first-order valence-electron chi connectivity index (χ1n) is 8.52. The van der Waals surface area contributed by atoms with Gasteiger partial charge in [0.05, 0.1) is 12.9 Å². The maximum absolute atomic E-state index is 12.6. The molecule has 0 aromatic carbocycles. The van der Waals surface area contributed by atoms with Gasteiger partial charge in [0.2, 0.25) is 5.91 Å². The number of fused-ring (bicyclic) bond motifs is 3.